The molecule has 28 heavy (non-hydrogen) atoms. The molecule has 1 atom stereocenters. The molecule has 2 aromatic rings. The Morgan fingerprint density at radius 2 is 1.82 bits per heavy atom. The predicted molar refractivity (Wildman–Crippen MR) is 114 cm³/mol. The van der Waals surface area contributed by atoms with Crippen LogP contribution in [-0.2, 0) is 14.8 Å². The summed E-state index contributed by atoms with van der Waals surface area (Å²) in [5.41, 5.74) is 0.839. The standard InChI is InChI=1S/C20H26ClN3O3S/c1-4-15(3)22-14-20(25)23-19-13-17(11-12-18(19)21)28(26,27)24(5-2)16-9-7-6-8-10-16/h6-13,15,22H,4-5,14H2,1-3H3,(H,23,25)/t15-/m0/s1. The summed E-state index contributed by atoms with van der Waals surface area (Å²) < 4.78 is 27.6. The van der Waals surface area contributed by atoms with E-state index < -0.39 is 10.0 Å². The van der Waals surface area contributed by atoms with Crippen molar-refractivity contribution in [2.45, 2.75) is 38.1 Å². The molecule has 152 valence electrons. The number of sulfonamides is 1. The van der Waals surface area contributed by atoms with Gasteiger partial charge in [-0.3, -0.25) is 9.10 Å². The Labute approximate surface area is 171 Å². The van der Waals surface area contributed by atoms with Gasteiger partial charge in [-0.2, -0.15) is 0 Å². The highest BCUT2D eigenvalue weighted by atomic mass is 35.5. The molecule has 0 aliphatic carbocycles. The molecule has 0 heterocycles. The lowest BCUT2D eigenvalue weighted by molar-refractivity contribution is -0.115. The second-order valence-corrected chi connectivity index (χ2v) is 8.65. The molecule has 2 rings (SSSR count). The van der Waals surface area contributed by atoms with Crippen LogP contribution in [0, 0.1) is 0 Å². The van der Waals surface area contributed by atoms with E-state index in [1.54, 1.807) is 31.2 Å². The topological polar surface area (TPSA) is 78.5 Å². The number of hydrogen-bond donors (Lipinski definition) is 2. The SMILES string of the molecule is CC[C@H](C)NCC(=O)Nc1cc(S(=O)(=O)N(CC)c2ccccc2)ccc1Cl. The van der Waals surface area contributed by atoms with E-state index in [0.717, 1.165) is 6.42 Å². The number of nitrogens with zero attached hydrogens (tertiary/aromatic N) is 1. The highest BCUT2D eigenvalue weighted by Gasteiger charge is 2.24. The van der Waals surface area contributed by atoms with Crippen molar-refractivity contribution in [3.8, 4) is 0 Å². The van der Waals surface area contributed by atoms with Gasteiger partial charge in [0.15, 0.2) is 0 Å². The maximum Gasteiger partial charge on any atom is 0.264 e. The van der Waals surface area contributed by atoms with E-state index in [4.69, 9.17) is 11.6 Å². The van der Waals surface area contributed by atoms with Gasteiger partial charge in [0, 0.05) is 12.6 Å². The van der Waals surface area contributed by atoms with Crippen molar-refractivity contribution in [2.75, 3.05) is 22.7 Å². The van der Waals surface area contributed by atoms with Crippen molar-refractivity contribution in [2.24, 2.45) is 0 Å². The van der Waals surface area contributed by atoms with Gasteiger partial charge in [0.1, 0.15) is 0 Å². The first-order chi connectivity index (χ1) is 13.3. The second kappa shape index (κ2) is 9.91. The van der Waals surface area contributed by atoms with Crippen LogP contribution < -0.4 is 14.9 Å². The Morgan fingerprint density at radius 1 is 1.14 bits per heavy atom. The minimum absolute atomic E-state index is 0.0628. The lowest BCUT2D eigenvalue weighted by atomic mass is 10.2. The Hall–Kier alpha value is -2.09. The molecule has 0 aromatic heterocycles. The van der Waals surface area contributed by atoms with Gasteiger partial charge < -0.3 is 10.6 Å². The van der Waals surface area contributed by atoms with Crippen LogP contribution >= 0.6 is 11.6 Å². The zero-order chi connectivity index (χ0) is 20.7. The smallest absolute Gasteiger partial charge is 0.264 e. The molecule has 2 N–H and O–H groups in total. The van der Waals surface area contributed by atoms with Crippen LogP contribution in [0.2, 0.25) is 5.02 Å². The number of nitrogens with one attached hydrogen (secondary N) is 2. The minimum Gasteiger partial charge on any atom is -0.324 e. The zero-order valence-corrected chi connectivity index (χ0v) is 17.8. The number of benzene rings is 2. The molecule has 0 bridgehead atoms. The molecule has 0 radical (unpaired) electrons. The fraction of sp³-hybridized carbons (Fsp3) is 0.350. The Balaban J connectivity index is 2.26. The monoisotopic (exact) mass is 423 g/mol. The third-order valence-electron chi connectivity index (χ3n) is 4.35. The molecule has 0 unspecified atom stereocenters. The number of amides is 1. The van der Waals surface area contributed by atoms with E-state index in [-0.39, 0.29) is 40.6 Å². The van der Waals surface area contributed by atoms with E-state index in [1.165, 1.54) is 22.5 Å². The van der Waals surface area contributed by atoms with Crippen molar-refractivity contribution in [3.05, 3.63) is 53.6 Å². The Morgan fingerprint density at radius 3 is 2.43 bits per heavy atom. The third-order valence-corrected chi connectivity index (χ3v) is 6.58. The quantitative estimate of drug-likeness (QED) is 0.641. The average molecular weight is 424 g/mol. The Bertz CT molecular complexity index is 904. The molecule has 0 saturated heterocycles. The van der Waals surface area contributed by atoms with Gasteiger partial charge >= 0.3 is 0 Å². The van der Waals surface area contributed by atoms with Gasteiger partial charge in [-0.1, -0.05) is 36.7 Å². The van der Waals surface area contributed by atoms with E-state index in [0.29, 0.717) is 5.69 Å². The summed E-state index contributed by atoms with van der Waals surface area (Å²) in [6, 6.07) is 13.4. The first-order valence-corrected chi connectivity index (χ1v) is 11.0. The van der Waals surface area contributed by atoms with Gasteiger partial charge in [0.25, 0.3) is 10.0 Å². The fourth-order valence-electron chi connectivity index (χ4n) is 2.58. The Kier molecular flexibility index (Phi) is 7.86. The number of hydrogen-bond acceptors (Lipinski definition) is 4. The third kappa shape index (κ3) is 5.47. The minimum atomic E-state index is -3.80. The molecule has 6 nitrogen and oxygen atoms in total. The summed E-state index contributed by atoms with van der Waals surface area (Å²) in [5.74, 6) is -0.285. The van der Waals surface area contributed by atoms with Crippen molar-refractivity contribution in [3.63, 3.8) is 0 Å². The van der Waals surface area contributed by atoms with E-state index in [9.17, 15) is 13.2 Å². The summed E-state index contributed by atoms with van der Waals surface area (Å²) in [6.45, 7) is 6.16. The van der Waals surface area contributed by atoms with Crippen molar-refractivity contribution in [1.29, 1.82) is 0 Å². The summed E-state index contributed by atoms with van der Waals surface area (Å²) >= 11 is 6.17. The fourth-order valence-corrected chi connectivity index (χ4v) is 4.24. The first kappa shape index (κ1) is 22.2. The molecule has 0 aliphatic heterocycles. The van der Waals surface area contributed by atoms with Crippen LogP contribution in [0.15, 0.2) is 53.4 Å². The van der Waals surface area contributed by atoms with Crippen molar-refractivity contribution >= 4 is 38.9 Å². The average Bonchev–Trinajstić information content (AvgIpc) is 2.68. The van der Waals surface area contributed by atoms with Crippen LogP contribution in [-0.4, -0.2) is 33.5 Å². The molecular weight excluding hydrogens is 398 g/mol. The maximum atomic E-state index is 13.1. The number of carbonyl (C=O) groups is 1. The predicted octanol–water partition coefficient (Wildman–Crippen LogP) is 3.88. The zero-order valence-electron chi connectivity index (χ0n) is 16.3. The molecule has 0 saturated carbocycles. The first-order valence-electron chi connectivity index (χ1n) is 9.20. The van der Waals surface area contributed by atoms with Crippen LogP contribution in [0.5, 0.6) is 0 Å². The van der Waals surface area contributed by atoms with Crippen molar-refractivity contribution < 1.29 is 13.2 Å². The van der Waals surface area contributed by atoms with Gasteiger partial charge in [-0.05, 0) is 50.6 Å². The lowest BCUT2D eigenvalue weighted by Crippen LogP contribution is -2.34. The van der Waals surface area contributed by atoms with Crippen LogP contribution in [0.4, 0.5) is 11.4 Å². The highest BCUT2D eigenvalue weighted by Crippen LogP contribution is 2.29. The number of halogens is 1. The summed E-state index contributed by atoms with van der Waals surface area (Å²) in [7, 11) is -3.80. The molecule has 8 heteroatoms. The largest absolute Gasteiger partial charge is 0.324 e. The van der Waals surface area contributed by atoms with Crippen molar-refractivity contribution in [1.82, 2.24) is 5.32 Å². The molecule has 1 amide bonds. The summed E-state index contributed by atoms with van der Waals surface area (Å²) in [4.78, 5) is 12.2. The maximum absolute atomic E-state index is 13.1. The lowest BCUT2D eigenvalue weighted by Gasteiger charge is -2.23. The second-order valence-electron chi connectivity index (χ2n) is 6.39. The van der Waals surface area contributed by atoms with Crippen LogP contribution in [0.25, 0.3) is 0 Å². The van der Waals surface area contributed by atoms with Gasteiger partial charge in [-0.25, -0.2) is 8.42 Å². The molecule has 0 spiro atoms. The number of carbonyl (C=O) groups excluding carboxylic acids is 1. The van der Waals surface area contributed by atoms with Crippen LogP contribution in [0.1, 0.15) is 27.2 Å². The van der Waals surface area contributed by atoms with Gasteiger partial charge in [-0.15, -0.1) is 0 Å². The molecular formula is C20H26ClN3O3S. The normalized spacial score (nSPS) is 12.4. The van der Waals surface area contributed by atoms with Crippen LogP contribution in [0.3, 0.4) is 0 Å². The molecule has 2 aromatic carbocycles. The van der Waals surface area contributed by atoms with E-state index in [1.807, 2.05) is 19.9 Å². The van der Waals surface area contributed by atoms with E-state index in [2.05, 4.69) is 10.6 Å². The molecule has 0 fully saturated rings. The van der Waals surface area contributed by atoms with Gasteiger partial charge in [0.2, 0.25) is 5.91 Å². The molecule has 0 aliphatic rings. The summed E-state index contributed by atoms with van der Waals surface area (Å²) in [6.07, 6.45) is 0.897. The number of rotatable bonds is 9. The summed E-state index contributed by atoms with van der Waals surface area (Å²) in [5, 5.41) is 6.04. The highest BCUT2D eigenvalue weighted by molar-refractivity contribution is 7.92. The van der Waals surface area contributed by atoms with E-state index >= 15 is 0 Å². The number of para-hydroxylation sites is 1. The van der Waals surface area contributed by atoms with Gasteiger partial charge in [0.05, 0.1) is 27.8 Å². The number of anilines is 2.